The van der Waals surface area contributed by atoms with Crippen LogP contribution in [0.3, 0.4) is 0 Å². The Labute approximate surface area is 108 Å². The molecule has 1 fully saturated rings. The van der Waals surface area contributed by atoms with Crippen molar-refractivity contribution < 1.29 is 14.7 Å². The molecular formula is C13H24N2O3. The van der Waals surface area contributed by atoms with Crippen molar-refractivity contribution >= 4 is 12.0 Å². The molecule has 0 spiro atoms. The fourth-order valence-corrected chi connectivity index (χ4v) is 2.07. The lowest BCUT2D eigenvalue weighted by Gasteiger charge is -2.20. The summed E-state index contributed by atoms with van der Waals surface area (Å²) in [5.74, 6) is -0.293. The van der Waals surface area contributed by atoms with Crippen LogP contribution in [0.1, 0.15) is 40.0 Å². The molecule has 0 bridgehead atoms. The number of nitrogens with one attached hydrogen (secondary N) is 2. The molecule has 2 amide bonds. The number of urea groups is 1. The van der Waals surface area contributed by atoms with Crippen molar-refractivity contribution in [2.75, 3.05) is 13.1 Å². The van der Waals surface area contributed by atoms with Crippen molar-refractivity contribution in [1.82, 2.24) is 10.6 Å². The Bertz CT molecular complexity index is 311. The first-order valence-corrected chi connectivity index (χ1v) is 6.59. The lowest BCUT2D eigenvalue weighted by Crippen LogP contribution is -2.41. The van der Waals surface area contributed by atoms with Crippen molar-refractivity contribution in [1.29, 1.82) is 0 Å². The van der Waals surface area contributed by atoms with E-state index in [4.69, 9.17) is 5.11 Å². The smallest absolute Gasteiger partial charge is 0.314 e. The quantitative estimate of drug-likeness (QED) is 0.650. The van der Waals surface area contributed by atoms with E-state index in [-0.39, 0.29) is 18.4 Å². The van der Waals surface area contributed by atoms with E-state index in [1.807, 2.05) is 6.92 Å². The third-order valence-corrected chi connectivity index (χ3v) is 3.85. The molecule has 0 saturated heterocycles. The highest BCUT2D eigenvalue weighted by molar-refractivity contribution is 5.74. The SMILES string of the molecule is CC(CNC(=O)NCC1(C(C)C)CC1)CC(=O)O. The number of carbonyl (C=O) groups excluding carboxylic acids is 1. The first kappa shape index (κ1) is 14.8. The topological polar surface area (TPSA) is 78.4 Å². The summed E-state index contributed by atoms with van der Waals surface area (Å²) in [6.07, 6.45) is 2.44. The Balaban J connectivity index is 2.16. The standard InChI is InChI=1S/C13H24N2O3/c1-9(2)13(4-5-13)8-15-12(18)14-7-10(3)6-11(16)17/h9-10H,4-8H2,1-3H3,(H,16,17)(H2,14,15,18). The second-order valence-electron chi connectivity index (χ2n) is 5.78. The number of hydrogen-bond acceptors (Lipinski definition) is 2. The van der Waals surface area contributed by atoms with E-state index >= 15 is 0 Å². The maximum atomic E-state index is 11.6. The van der Waals surface area contributed by atoms with E-state index in [0.717, 1.165) is 0 Å². The number of aliphatic carboxylic acids is 1. The summed E-state index contributed by atoms with van der Waals surface area (Å²) in [4.78, 5) is 22.0. The molecule has 0 heterocycles. The summed E-state index contributed by atoms with van der Waals surface area (Å²) < 4.78 is 0. The molecular weight excluding hydrogens is 232 g/mol. The molecule has 5 nitrogen and oxygen atoms in total. The van der Waals surface area contributed by atoms with Gasteiger partial charge in [0.1, 0.15) is 0 Å². The largest absolute Gasteiger partial charge is 0.481 e. The molecule has 1 atom stereocenters. The van der Waals surface area contributed by atoms with Gasteiger partial charge in [0, 0.05) is 19.5 Å². The molecule has 18 heavy (non-hydrogen) atoms. The van der Waals surface area contributed by atoms with Gasteiger partial charge in [0.2, 0.25) is 0 Å². The van der Waals surface area contributed by atoms with Crippen molar-refractivity contribution in [2.45, 2.75) is 40.0 Å². The number of rotatable bonds is 7. The van der Waals surface area contributed by atoms with Crippen LogP contribution in [-0.2, 0) is 4.79 Å². The number of hydrogen-bond donors (Lipinski definition) is 3. The van der Waals surface area contributed by atoms with Crippen LogP contribution in [0, 0.1) is 17.3 Å². The van der Waals surface area contributed by atoms with Gasteiger partial charge in [-0.15, -0.1) is 0 Å². The third-order valence-electron chi connectivity index (χ3n) is 3.85. The lowest BCUT2D eigenvalue weighted by molar-refractivity contribution is -0.137. The van der Waals surface area contributed by atoms with Crippen molar-refractivity contribution in [3.05, 3.63) is 0 Å². The van der Waals surface area contributed by atoms with E-state index in [1.165, 1.54) is 12.8 Å². The molecule has 0 radical (unpaired) electrons. The van der Waals surface area contributed by atoms with E-state index in [0.29, 0.717) is 24.4 Å². The summed E-state index contributed by atoms with van der Waals surface area (Å²) >= 11 is 0. The van der Waals surface area contributed by atoms with Gasteiger partial charge in [-0.05, 0) is 30.1 Å². The second kappa shape index (κ2) is 6.07. The monoisotopic (exact) mass is 256 g/mol. The molecule has 0 aromatic carbocycles. The number of carboxylic acids is 1. The molecule has 3 N–H and O–H groups in total. The molecule has 0 aromatic heterocycles. The minimum atomic E-state index is -0.832. The van der Waals surface area contributed by atoms with Crippen molar-refractivity contribution in [3.8, 4) is 0 Å². The average Bonchev–Trinajstić information content (AvgIpc) is 3.03. The average molecular weight is 256 g/mol. The van der Waals surface area contributed by atoms with Crippen LogP contribution in [0.15, 0.2) is 0 Å². The van der Waals surface area contributed by atoms with Gasteiger partial charge < -0.3 is 15.7 Å². The third kappa shape index (κ3) is 4.55. The summed E-state index contributed by atoms with van der Waals surface area (Å²) in [6.45, 7) is 7.28. The Morgan fingerprint density at radius 2 is 1.83 bits per heavy atom. The molecule has 1 unspecified atom stereocenters. The molecule has 104 valence electrons. The molecule has 1 saturated carbocycles. The fourth-order valence-electron chi connectivity index (χ4n) is 2.07. The normalized spacial score (nSPS) is 18.2. The van der Waals surface area contributed by atoms with Crippen molar-refractivity contribution in [2.24, 2.45) is 17.3 Å². The summed E-state index contributed by atoms with van der Waals surface area (Å²) in [7, 11) is 0. The maximum absolute atomic E-state index is 11.6. The van der Waals surface area contributed by atoms with Gasteiger partial charge in [-0.1, -0.05) is 20.8 Å². The molecule has 0 aliphatic heterocycles. The molecule has 1 aliphatic carbocycles. The Morgan fingerprint density at radius 3 is 2.28 bits per heavy atom. The number of carboxylic acid groups (broad SMARTS) is 1. The van der Waals surface area contributed by atoms with E-state index in [1.54, 1.807) is 0 Å². The van der Waals surface area contributed by atoms with E-state index < -0.39 is 5.97 Å². The van der Waals surface area contributed by atoms with Crippen LogP contribution in [0.5, 0.6) is 0 Å². The number of amides is 2. The first-order chi connectivity index (χ1) is 8.35. The van der Waals surface area contributed by atoms with Crippen LogP contribution in [0.4, 0.5) is 4.79 Å². The highest BCUT2D eigenvalue weighted by atomic mass is 16.4. The van der Waals surface area contributed by atoms with E-state index in [9.17, 15) is 9.59 Å². The second-order valence-corrected chi connectivity index (χ2v) is 5.78. The first-order valence-electron chi connectivity index (χ1n) is 6.59. The van der Waals surface area contributed by atoms with Gasteiger partial charge >= 0.3 is 12.0 Å². The maximum Gasteiger partial charge on any atom is 0.314 e. The minimum absolute atomic E-state index is 0.0479. The molecule has 1 aliphatic rings. The van der Waals surface area contributed by atoms with Gasteiger partial charge in [-0.25, -0.2) is 4.79 Å². The Hall–Kier alpha value is -1.26. The van der Waals surface area contributed by atoms with Gasteiger partial charge in [-0.2, -0.15) is 0 Å². The fraction of sp³-hybridized carbons (Fsp3) is 0.846. The minimum Gasteiger partial charge on any atom is -0.481 e. The zero-order valence-electron chi connectivity index (χ0n) is 11.5. The zero-order valence-corrected chi connectivity index (χ0v) is 11.5. The van der Waals surface area contributed by atoms with Crippen LogP contribution in [-0.4, -0.2) is 30.2 Å². The summed E-state index contributed by atoms with van der Waals surface area (Å²) in [6, 6.07) is -0.195. The van der Waals surface area contributed by atoms with Gasteiger partial charge in [0.25, 0.3) is 0 Å². The van der Waals surface area contributed by atoms with Crippen molar-refractivity contribution in [3.63, 3.8) is 0 Å². The predicted molar refractivity (Wildman–Crippen MR) is 69.3 cm³/mol. The number of carbonyl (C=O) groups is 2. The highest BCUT2D eigenvalue weighted by Gasteiger charge is 2.45. The van der Waals surface area contributed by atoms with Crippen LogP contribution in [0.2, 0.25) is 0 Å². The zero-order chi connectivity index (χ0) is 13.8. The van der Waals surface area contributed by atoms with E-state index in [2.05, 4.69) is 24.5 Å². The highest BCUT2D eigenvalue weighted by Crippen LogP contribution is 2.51. The molecule has 1 rings (SSSR count). The summed E-state index contributed by atoms with van der Waals surface area (Å²) in [5.41, 5.74) is 0.296. The van der Waals surface area contributed by atoms with Crippen LogP contribution < -0.4 is 10.6 Å². The molecule has 0 aromatic rings. The van der Waals surface area contributed by atoms with Crippen LogP contribution in [0.25, 0.3) is 0 Å². The predicted octanol–water partition coefficient (Wildman–Crippen LogP) is 1.83. The van der Waals surface area contributed by atoms with Crippen LogP contribution >= 0.6 is 0 Å². The Kier molecular flexibility index (Phi) is 4.99. The molecule has 5 heteroatoms. The van der Waals surface area contributed by atoms with Gasteiger partial charge in [-0.3, -0.25) is 4.79 Å². The summed E-state index contributed by atoms with van der Waals surface area (Å²) in [5, 5.41) is 14.2. The lowest BCUT2D eigenvalue weighted by atomic mass is 9.92. The Morgan fingerprint density at radius 1 is 1.22 bits per heavy atom. The van der Waals surface area contributed by atoms with Gasteiger partial charge in [0.15, 0.2) is 0 Å². The van der Waals surface area contributed by atoms with Gasteiger partial charge in [0.05, 0.1) is 0 Å².